The number of carbonyl (C=O) groups is 3. The number of carboxylic acid groups (broad SMARTS) is 1. The number of hydrogen-bond acceptors (Lipinski definition) is 5. The number of thioether (sulfide) groups is 1. The quantitative estimate of drug-likeness (QED) is 0.809. The molecule has 2 N–H and O–H groups in total. The molecule has 2 heterocycles. The Balaban J connectivity index is 1.73. The van der Waals surface area contributed by atoms with E-state index in [9.17, 15) is 14.4 Å². The van der Waals surface area contributed by atoms with Gasteiger partial charge in [-0.15, -0.1) is 23.1 Å². The zero-order chi connectivity index (χ0) is 17.8. The van der Waals surface area contributed by atoms with Crippen molar-refractivity contribution in [1.29, 1.82) is 0 Å². The lowest BCUT2D eigenvalue weighted by molar-refractivity contribution is -0.137. The van der Waals surface area contributed by atoms with Crippen LogP contribution in [-0.4, -0.2) is 35.2 Å². The first-order valence-electron chi connectivity index (χ1n) is 7.61. The van der Waals surface area contributed by atoms with E-state index in [0.717, 1.165) is 9.77 Å². The SMILES string of the molecule is O=C(O)C[C@@H](NC(=O)CN1C(=O)CSc2ccccc21)c1cccs1. The molecule has 0 fully saturated rings. The highest BCUT2D eigenvalue weighted by Gasteiger charge is 2.27. The highest BCUT2D eigenvalue weighted by atomic mass is 32.2. The number of aliphatic carboxylic acids is 1. The summed E-state index contributed by atoms with van der Waals surface area (Å²) in [5.41, 5.74) is 0.713. The molecule has 0 bridgehead atoms. The first-order chi connectivity index (χ1) is 12.0. The van der Waals surface area contributed by atoms with Crippen LogP contribution in [-0.2, 0) is 14.4 Å². The van der Waals surface area contributed by atoms with Crippen molar-refractivity contribution in [3.05, 3.63) is 46.7 Å². The molecule has 2 amide bonds. The number of carbonyl (C=O) groups excluding carboxylic acids is 2. The summed E-state index contributed by atoms with van der Waals surface area (Å²) < 4.78 is 0. The number of carboxylic acids is 1. The van der Waals surface area contributed by atoms with Crippen molar-refractivity contribution >= 4 is 46.6 Å². The first kappa shape index (κ1) is 17.5. The molecule has 6 nitrogen and oxygen atoms in total. The maximum absolute atomic E-state index is 12.5. The Bertz CT molecular complexity index is 792. The van der Waals surface area contributed by atoms with Gasteiger partial charge in [-0.3, -0.25) is 14.4 Å². The molecular formula is C17H16N2O4S2. The molecule has 130 valence electrons. The van der Waals surface area contributed by atoms with E-state index in [1.807, 2.05) is 29.6 Å². The van der Waals surface area contributed by atoms with Gasteiger partial charge >= 0.3 is 5.97 Å². The van der Waals surface area contributed by atoms with Crippen LogP contribution in [0.3, 0.4) is 0 Å². The largest absolute Gasteiger partial charge is 0.481 e. The van der Waals surface area contributed by atoms with Crippen molar-refractivity contribution < 1.29 is 19.5 Å². The lowest BCUT2D eigenvalue weighted by atomic mass is 10.1. The summed E-state index contributed by atoms with van der Waals surface area (Å²) >= 11 is 2.84. The molecule has 1 aromatic heterocycles. The lowest BCUT2D eigenvalue weighted by Gasteiger charge is -2.29. The molecule has 0 spiro atoms. The molecule has 0 radical (unpaired) electrons. The summed E-state index contributed by atoms with van der Waals surface area (Å²) in [5, 5.41) is 13.6. The van der Waals surface area contributed by atoms with Crippen LogP contribution in [0.1, 0.15) is 17.3 Å². The normalized spacial score (nSPS) is 14.7. The van der Waals surface area contributed by atoms with Gasteiger partial charge < -0.3 is 15.3 Å². The average molecular weight is 376 g/mol. The predicted molar refractivity (Wildman–Crippen MR) is 97.0 cm³/mol. The molecule has 0 saturated carbocycles. The first-order valence-corrected chi connectivity index (χ1v) is 9.48. The van der Waals surface area contributed by atoms with E-state index in [1.54, 1.807) is 12.1 Å². The number of hydrogen-bond donors (Lipinski definition) is 2. The minimum absolute atomic E-state index is 0.127. The number of anilines is 1. The van der Waals surface area contributed by atoms with Crippen LogP contribution in [0.4, 0.5) is 5.69 Å². The van der Waals surface area contributed by atoms with Gasteiger partial charge in [0.25, 0.3) is 0 Å². The molecule has 0 saturated heterocycles. The van der Waals surface area contributed by atoms with Crippen LogP contribution in [0.15, 0.2) is 46.7 Å². The van der Waals surface area contributed by atoms with Gasteiger partial charge in [0.15, 0.2) is 0 Å². The van der Waals surface area contributed by atoms with Crippen molar-refractivity contribution in [1.82, 2.24) is 5.32 Å². The summed E-state index contributed by atoms with van der Waals surface area (Å²) in [4.78, 5) is 38.9. The van der Waals surface area contributed by atoms with Gasteiger partial charge in [0.05, 0.1) is 23.9 Å². The molecule has 2 aromatic rings. The summed E-state index contributed by atoms with van der Waals surface area (Å²) in [6.45, 7) is -0.127. The molecule has 3 rings (SSSR count). The van der Waals surface area contributed by atoms with E-state index < -0.39 is 12.0 Å². The van der Waals surface area contributed by atoms with Gasteiger partial charge in [-0.2, -0.15) is 0 Å². The Hall–Kier alpha value is -2.32. The Morgan fingerprint density at radius 3 is 2.76 bits per heavy atom. The number of benzene rings is 1. The zero-order valence-corrected chi connectivity index (χ0v) is 14.8. The third-order valence-electron chi connectivity index (χ3n) is 3.71. The van der Waals surface area contributed by atoms with Crippen molar-refractivity contribution in [2.24, 2.45) is 0 Å². The van der Waals surface area contributed by atoms with Crippen LogP contribution >= 0.6 is 23.1 Å². The zero-order valence-electron chi connectivity index (χ0n) is 13.2. The lowest BCUT2D eigenvalue weighted by Crippen LogP contribution is -2.44. The molecule has 25 heavy (non-hydrogen) atoms. The molecule has 1 aromatic carbocycles. The second kappa shape index (κ2) is 7.71. The number of rotatable bonds is 6. The summed E-state index contributed by atoms with van der Waals surface area (Å²) in [6.07, 6.45) is -0.202. The molecule has 1 aliphatic heterocycles. The number of amides is 2. The molecule has 1 atom stereocenters. The number of nitrogens with zero attached hydrogens (tertiary/aromatic N) is 1. The number of para-hydroxylation sites is 1. The smallest absolute Gasteiger partial charge is 0.305 e. The maximum Gasteiger partial charge on any atom is 0.305 e. The number of fused-ring (bicyclic) bond motifs is 1. The molecular weight excluding hydrogens is 360 g/mol. The third kappa shape index (κ3) is 4.21. The van der Waals surface area contributed by atoms with Crippen LogP contribution in [0.25, 0.3) is 0 Å². The topological polar surface area (TPSA) is 86.7 Å². The predicted octanol–water partition coefficient (Wildman–Crippen LogP) is 2.52. The number of nitrogens with one attached hydrogen (secondary N) is 1. The van der Waals surface area contributed by atoms with Crippen molar-refractivity contribution in [2.45, 2.75) is 17.4 Å². The maximum atomic E-state index is 12.5. The fraction of sp³-hybridized carbons (Fsp3) is 0.235. The highest BCUT2D eigenvalue weighted by Crippen LogP contribution is 2.34. The summed E-state index contributed by atoms with van der Waals surface area (Å²) in [7, 11) is 0. The van der Waals surface area contributed by atoms with E-state index >= 15 is 0 Å². The van der Waals surface area contributed by atoms with Crippen LogP contribution < -0.4 is 10.2 Å². The van der Waals surface area contributed by atoms with Gasteiger partial charge in [-0.1, -0.05) is 18.2 Å². The summed E-state index contributed by atoms with van der Waals surface area (Å²) in [5.74, 6) is -1.22. The Morgan fingerprint density at radius 1 is 1.24 bits per heavy atom. The van der Waals surface area contributed by atoms with Crippen molar-refractivity contribution in [3.8, 4) is 0 Å². The fourth-order valence-electron chi connectivity index (χ4n) is 2.60. The van der Waals surface area contributed by atoms with Crippen molar-refractivity contribution in [3.63, 3.8) is 0 Å². The Morgan fingerprint density at radius 2 is 2.04 bits per heavy atom. The fourth-order valence-corrected chi connectivity index (χ4v) is 4.31. The molecule has 0 unspecified atom stereocenters. The van der Waals surface area contributed by atoms with E-state index in [2.05, 4.69) is 5.32 Å². The highest BCUT2D eigenvalue weighted by molar-refractivity contribution is 8.00. The third-order valence-corrected chi connectivity index (χ3v) is 5.74. The van der Waals surface area contributed by atoms with Crippen molar-refractivity contribution in [2.75, 3.05) is 17.2 Å². The minimum Gasteiger partial charge on any atom is -0.481 e. The Kier molecular flexibility index (Phi) is 5.40. The van der Waals surface area contributed by atoms with Gasteiger partial charge in [0, 0.05) is 9.77 Å². The second-order valence-electron chi connectivity index (χ2n) is 5.47. The van der Waals surface area contributed by atoms with E-state index in [1.165, 1.54) is 28.0 Å². The molecule has 8 heteroatoms. The van der Waals surface area contributed by atoms with Gasteiger partial charge in [-0.05, 0) is 23.6 Å². The van der Waals surface area contributed by atoms with E-state index in [4.69, 9.17) is 5.11 Å². The average Bonchev–Trinajstić information content (AvgIpc) is 3.11. The molecule has 0 aliphatic carbocycles. The van der Waals surface area contributed by atoms with Gasteiger partial charge in [0.2, 0.25) is 11.8 Å². The van der Waals surface area contributed by atoms with E-state index in [0.29, 0.717) is 5.69 Å². The Labute approximate surface area is 152 Å². The second-order valence-corrected chi connectivity index (χ2v) is 7.47. The van der Waals surface area contributed by atoms with Crippen LogP contribution in [0.5, 0.6) is 0 Å². The molecule has 1 aliphatic rings. The van der Waals surface area contributed by atoms with E-state index in [-0.39, 0.29) is 30.5 Å². The van der Waals surface area contributed by atoms with Gasteiger partial charge in [0.1, 0.15) is 6.54 Å². The van der Waals surface area contributed by atoms with Crippen LogP contribution in [0.2, 0.25) is 0 Å². The summed E-state index contributed by atoms with van der Waals surface area (Å²) in [6, 6.07) is 10.4. The number of thiophene rings is 1. The monoisotopic (exact) mass is 376 g/mol. The van der Waals surface area contributed by atoms with Crippen LogP contribution in [0, 0.1) is 0 Å². The van der Waals surface area contributed by atoms with Gasteiger partial charge in [-0.25, -0.2) is 0 Å². The standard InChI is InChI=1S/C17H16N2O4S2/c20-15(18-11(8-17(22)23)13-6-3-7-24-13)9-19-12-4-1-2-5-14(12)25-10-16(19)21/h1-7,11H,8-10H2,(H,18,20)(H,22,23)/t11-/m1/s1. The minimum atomic E-state index is -0.991.